The highest BCUT2D eigenvalue weighted by molar-refractivity contribution is 5.24. The lowest BCUT2D eigenvalue weighted by Crippen LogP contribution is -2.45. The summed E-state index contributed by atoms with van der Waals surface area (Å²) >= 11 is 0. The largest absolute Gasteiger partial charge is 0.297 e. The van der Waals surface area contributed by atoms with Crippen LogP contribution < -0.4 is 0 Å². The van der Waals surface area contributed by atoms with Gasteiger partial charge in [0.1, 0.15) is 0 Å². The third-order valence-corrected chi connectivity index (χ3v) is 4.92. The fourth-order valence-electron chi connectivity index (χ4n) is 3.29. The Hall–Kier alpha value is -1.79. The molecule has 6 nitrogen and oxygen atoms in total. The monoisotopic (exact) mass is 342 g/mol. The molecule has 0 amide bonds. The molecule has 1 aliphatic rings. The Balaban J connectivity index is 1.47. The van der Waals surface area contributed by atoms with E-state index in [0.717, 1.165) is 58.1 Å². The molecule has 1 aliphatic heterocycles. The fraction of sp³-hybridized carbons (Fsp3) is 0.632. The van der Waals surface area contributed by atoms with Gasteiger partial charge >= 0.3 is 0 Å². The Bertz CT molecular complexity index is 640. The molecule has 2 aromatic rings. The smallest absolute Gasteiger partial charge is 0.165 e. The van der Waals surface area contributed by atoms with Gasteiger partial charge < -0.3 is 0 Å². The number of hydrogen-bond acceptors (Lipinski definition) is 5. The van der Waals surface area contributed by atoms with E-state index in [0.29, 0.717) is 5.92 Å². The van der Waals surface area contributed by atoms with Crippen LogP contribution in [-0.4, -0.2) is 56.2 Å². The maximum atomic E-state index is 4.18. The van der Waals surface area contributed by atoms with Gasteiger partial charge in [0.05, 0.1) is 6.54 Å². The summed E-state index contributed by atoms with van der Waals surface area (Å²) in [5.41, 5.74) is 2.82. The molecule has 1 fully saturated rings. The van der Waals surface area contributed by atoms with Crippen molar-refractivity contribution in [2.75, 3.05) is 26.2 Å². The van der Waals surface area contributed by atoms with Crippen LogP contribution in [0, 0.1) is 0 Å². The summed E-state index contributed by atoms with van der Waals surface area (Å²) in [7, 11) is 0. The molecule has 0 atom stereocenters. The molecule has 1 aromatic heterocycles. The fourth-order valence-corrected chi connectivity index (χ4v) is 3.29. The summed E-state index contributed by atoms with van der Waals surface area (Å²) in [6, 6.07) is 9.09. The lowest BCUT2D eigenvalue weighted by Gasteiger charge is -2.34. The van der Waals surface area contributed by atoms with Crippen LogP contribution >= 0.6 is 0 Å². The number of nitrogens with zero attached hydrogens (tertiary/aromatic N) is 6. The highest BCUT2D eigenvalue weighted by Crippen LogP contribution is 2.16. The lowest BCUT2D eigenvalue weighted by atomic mass is 10.0. The van der Waals surface area contributed by atoms with Crippen molar-refractivity contribution in [3.63, 3.8) is 0 Å². The van der Waals surface area contributed by atoms with Gasteiger partial charge in [-0.1, -0.05) is 45.0 Å². The van der Waals surface area contributed by atoms with Gasteiger partial charge in [0, 0.05) is 39.3 Å². The number of piperazine rings is 1. The molecule has 0 aliphatic carbocycles. The van der Waals surface area contributed by atoms with Crippen molar-refractivity contribution in [1.29, 1.82) is 0 Å². The van der Waals surface area contributed by atoms with Crippen molar-refractivity contribution >= 4 is 0 Å². The molecular weight excluding hydrogens is 312 g/mol. The summed E-state index contributed by atoms with van der Waals surface area (Å²) in [4.78, 5) is 4.99. The van der Waals surface area contributed by atoms with Crippen molar-refractivity contribution in [3.8, 4) is 0 Å². The van der Waals surface area contributed by atoms with Crippen LogP contribution in [0.15, 0.2) is 24.3 Å². The lowest BCUT2D eigenvalue weighted by molar-refractivity contribution is 0.118. The number of aromatic nitrogens is 4. The molecule has 1 saturated heterocycles. The quantitative estimate of drug-likeness (QED) is 0.774. The van der Waals surface area contributed by atoms with E-state index in [1.165, 1.54) is 11.1 Å². The summed E-state index contributed by atoms with van der Waals surface area (Å²) < 4.78 is 1.93. The number of tetrazole rings is 1. The zero-order chi connectivity index (χ0) is 17.6. The van der Waals surface area contributed by atoms with Crippen molar-refractivity contribution in [3.05, 3.63) is 41.2 Å². The van der Waals surface area contributed by atoms with Crippen molar-refractivity contribution in [2.45, 2.75) is 52.7 Å². The van der Waals surface area contributed by atoms with Crippen molar-refractivity contribution in [1.82, 2.24) is 30.0 Å². The van der Waals surface area contributed by atoms with Gasteiger partial charge in [0.25, 0.3) is 0 Å². The number of rotatable bonds is 7. The maximum absolute atomic E-state index is 4.18. The summed E-state index contributed by atoms with van der Waals surface area (Å²) in [6.45, 7) is 13.8. The molecule has 3 rings (SSSR count). The van der Waals surface area contributed by atoms with Gasteiger partial charge in [-0.15, -0.1) is 5.10 Å². The first kappa shape index (κ1) is 18.0. The number of aryl methyl sites for hydroxylation is 1. The van der Waals surface area contributed by atoms with Crippen LogP contribution in [0.1, 0.15) is 50.1 Å². The van der Waals surface area contributed by atoms with Crippen LogP contribution in [0.4, 0.5) is 0 Å². The average molecular weight is 342 g/mol. The molecule has 0 radical (unpaired) electrons. The zero-order valence-electron chi connectivity index (χ0n) is 15.7. The first-order chi connectivity index (χ1) is 12.2. The van der Waals surface area contributed by atoms with Crippen molar-refractivity contribution in [2.24, 2.45) is 0 Å². The van der Waals surface area contributed by atoms with E-state index in [1.807, 2.05) is 4.68 Å². The summed E-state index contributed by atoms with van der Waals surface area (Å²) in [5.74, 6) is 1.58. The van der Waals surface area contributed by atoms with Crippen LogP contribution in [-0.2, 0) is 19.6 Å². The predicted molar refractivity (Wildman–Crippen MR) is 99.2 cm³/mol. The van der Waals surface area contributed by atoms with E-state index in [1.54, 1.807) is 0 Å². The molecule has 0 saturated carbocycles. The van der Waals surface area contributed by atoms with Gasteiger partial charge in [0.2, 0.25) is 0 Å². The third kappa shape index (κ3) is 4.86. The molecule has 0 spiro atoms. The van der Waals surface area contributed by atoms with Gasteiger partial charge in [-0.05, 0) is 33.9 Å². The Morgan fingerprint density at radius 3 is 2.20 bits per heavy atom. The maximum Gasteiger partial charge on any atom is 0.165 e. The molecule has 2 heterocycles. The van der Waals surface area contributed by atoms with E-state index in [4.69, 9.17) is 0 Å². The van der Waals surface area contributed by atoms with Gasteiger partial charge in [0.15, 0.2) is 5.82 Å². The summed E-state index contributed by atoms with van der Waals surface area (Å²) in [6.07, 6.45) is 1.06. The topological polar surface area (TPSA) is 50.1 Å². The van der Waals surface area contributed by atoms with Gasteiger partial charge in [-0.3, -0.25) is 9.80 Å². The molecule has 0 N–H and O–H groups in total. The molecule has 25 heavy (non-hydrogen) atoms. The first-order valence-corrected chi connectivity index (χ1v) is 9.44. The first-order valence-electron chi connectivity index (χ1n) is 9.44. The Labute approximate surface area is 150 Å². The second kappa shape index (κ2) is 8.54. The number of hydrogen-bond donors (Lipinski definition) is 0. The van der Waals surface area contributed by atoms with Gasteiger partial charge in [-0.25, -0.2) is 4.68 Å². The highest BCUT2D eigenvalue weighted by atomic mass is 15.5. The second-order valence-corrected chi connectivity index (χ2v) is 7.27. The van der Waals surface area contributed by atoms with Gasteiger partial charge in [-0.2, -0.15) is 0 Å². The number of benzene rings is 1. The molecule has 6 heteroatoms. The van der Waals surface area contributed by atoms with E-state index >= 15 is 0 Å². The predicted octanol–water partition coefficient (Wildman–Crippen LogP) is 2.52. The molecule has 0 unspecified atom stereocenters. The van der Waals surface area contributed by atoms with Crippen LogP contribution in [0.3, 0.4) is 0 Å². The van der Waals surface area contributed by atoms with E-state index in [2.05, 4.69) is 70.4 Å². The van der Waals surface area contributed by atoms with Crippen LogP contribution in [0.2, 0.25) is 0 Å². The Morgan fingerprint density at radius 2 is 1.60 bits per heavy atom. The molecular formula is C19H30N6. The van der Waals surface area contributed by atoms with E-state index in [-0.39, 0.29) is 0 Å². The van der Waals surface area contributed by atoms with Crippen LogP contribution in [0.25, 0.3) is 0 Å². The zero-order valence-corrected chi connectivity index (χ0v) is 15.7. The Kier molecular flexibility index (Phi) is 6.15. The molecule has 136 valence electrons. The molecule has 0 bridgehead atoms. The van der Waals surface area contributed by atoms with Crippen molar-refractivity contribution < 1.29 is 0 Å². The average Bonchev–Trinajstić information content (AvgIpc) is 3.04. The third-order valence-electron chi connectivity index (χ3n) is 4.92. The summed E-state index contributed by atoms with van der Waals surface area (Å²) in [5, 5.41) is 12.1. The second-order valence-electron chi connectivity index (χ2n) is 7.27. The minimum atomic E-state index is 0.599. The highest BCUT2D eigenvalue weighted by Gasteiger charge is 2.19. The minimum absolute atomic E-state index is 0.599. The van der Waals surface area contributed by atoms with E-state index < -0.39 is 0 Å². The standard InChI is InChI=1S/C19H30N6/c1-4-9-25-19(20-21-22-25)15-24-12-10-23(11-13-24)14-17-5-7-18(8-6-17)16(2)3/h5-8,16H,4,9-15H2,1-3H3. The van der Waals surface area contributed by atoms with E-state index in [9.17, 15) is 0 Å². The SMILES string of the molecule is CCCn1nnnc1CN1CCN(Cc2ccc(C(C)C)cc2)CC1. The minimum Gasteiger partial charge on any atom is -0.297 e. The normalized spacial score (nSPS) is 16.6. The Morgan fingerprint density at radius 1 is 0.960 bits per heavy atom. The molecule has 1 aromatic carbocycles. The van der Waals surface area contributed by atoms with Crippen LogP contribution in [0.5, 0.6) is 0 Å².